The van der Waals surface area contributed by atoms with Gasteiger partial charge in [0.25, 0.3) is 0 Å². The summed E-state index contributed by atoms with van der Waals surface area (Å²) in [7, 11) is 0. The molecule has 0 fully saturated rings. The Hall–Kier alpha value is -3.09. The second-order valence-corrected chi connectivity index (χ2v) is 16.2. The SMILES string of the molecule is CC(C)(C)c1ccc([C](=[Zr+2])c2ccc(C(C)(C)C)cc2)cc1.CC1=[C-]C(C)C=C1c1ccccc1.[Cl-].[Cl-].[c-]1cccc2c1Cc1ccccc1-2. The molecule has 0 amide bonds. The molecule has 0 spiro atoms. The Bertz CT molecular complexity index is 1810. The van der Waals surface area contributed by atoms with Crippen LogP contribution >= 0.6 is 0 Å². The maximum atomic E-state index is 3.39. The van der Waals surface area contributed by atoms with Crippen LogP contribution in [0, 0.1) is 18.1 Å². The quantitative estimate of drug-likeness (QED) is 0.196. The molecule has 7 rings (SSSR count). The fourth-order valence-corrected chi connectivity index (χ4v) is 7.02. The smallest absolute Gasteiger partial charge is 0.0253 e. The first-order chi connectivity index (χ1) is 22.8. The third kappa shape index (κ3) is 10.5. The molecule has 0 nitrogen and oxygen atoms in total. The van der Waals surface area contributed by atoms with Crippen LogP contribution in [-0.2, 0) is 41.5 Å². The van der Waals surface area contributed by atoms with E-state index in [1.807, 2.05) is 12.1 Å². The molecule has 0 radical (unpaired) electrons. The summed E-state index contributed by atoms with van der Waals surface area (Å²) in [6, 6.07) is 46.7. The van der Waals surface area contributed by atoms with Crippen molar-refractivity contribution in [3.8, 4) is 11.1 Å². The minimum atomic E-state index is 0. The van der Waals surface area contributed by atoms with Gasteiger partial charge < -0.3 is 24.8 Å². The summed E-state index contributed by atoms with van der Waals surface area (Å²) < 4.78 is 1.42. The molecule has 0 saturated carbocycles. The number of halogens is 2. The molecule has 256 valence electrons. The van der Waals surface area contributed by atoms with Crippen molar-refractivity contribution in [2.75, 3.05) is 0 Å². The normalized spacial score (nSPS) is 14.2. The molecule has 0 aliphatic heterocycles. The van der Waals surface area contributed by atoms with Crippen LogP contribution in [0.5, 0.6) is 0 Å². The molecule has 0 N–H and O–H groups in total. The van der Waals surface area contributed by atoms with Crippen molar-refractivity contribution in [3.63, 3.8) is 0 Å². The van der Waals surface area contributed by atoms with Gasteiger partial charge in [0.1, 0.15) is 0 Å². The molecule has 0 bridgehead atoms. The third-order valence-electron chi connectivity index (χ3n) is 9.05. The minimum absolute atomic E-state index is 0. The van der Waals surface area contributed by atoms with E-state index in [2.05, 4.69) is 183 Å². The molecule has 1 atom stereocenters. The topological polar surface area (TPSA) is 0 Å². The zero-order chi connectivity index (χ0) is 34.5. The van der Waals surface area contributed by atoms with E-state index in [-0.39, 0.29) is 35.6 Å². The molecule has 50 heavy (non-hydrogen) atoms. The molecule has 5 aromatic rings. The van der Waals surface area contributed by atoms with Crippen LogP contribution in [0.2, 0.25) is 0 Å². The van der Waals surface area contributed by atoms with Crippen molar-refractivity contribution in [1.29, 1.82) is 0 Å². The van der Waals surface area contributed by atoms with Crippen LogP contribution in [0.15, 0.2) is 133 Å². The first-order valence-corrected chi connectivity index (χ1v) is 18.3. The third-order valence-corrected chi connectivity index (χ3v) is 10.5. The average molecular weight is 775 g/mol. The Labute approximate surface area is 329 Å². The van der Waals surface area contributed by atoms with Gasteiger partial charge in [-0.2, -0.15) is 41.5 Å². The Morgan fingerprint density at radius 3 is 1.64 bits per heavy atom. The van der Waals surface area contributed by atoms with Crippen LogP contribution in [0.1, 0.15) is 94.3 Å². The molecule has 2 aliphatic rings. The van der Waals surface area contributed by atoms with Crippen LogP contribution in [0.3, 0.4) is 0 Å². The number of allylic oxidation sites excluding steroid dienone is 4. The van der Waals surface area contributed by atoms with Gasteiger partial charge >= 0.3 is 151 Å². The Morgan fingerprint density at radius 2 is 1.14 bits per heavy atom. The van der Waals surface area contributed by atoms with E-state index in [4.69, 9.17) is 0 Å². The molecule has 0 aromatic heterocycles. The maximum Gasteiger partial charge on any atom is -0.0253 e. The molecule has 3 heteroatoms. The van der Waals surface area contributed by atoms with Gasteiger partial charge in [-0.3, -0.25) is 6.08 Å². The first kappa shape index (κ1) is 41.3. The van der Waals surface area contributed by atoms with Crippen molar-refractivity contribution in [2.24, 2.45) is 5.92 Å². The second-order valence-electron chi connectivity index (χ2n) is 14.9. The van der Waals surface area contributed by atoms with E-state index in [1.54, 1.807) is 0 Å². The number of benzene rings is 5. The van der Waals surface area contributed by atoms with Gasteiger partial charge in [0.2, 0.25) is 0 Å². The van der Waals surface area contributed by atoms with Crippen molar-refractivity contribution >= 4 is 8.78 Å². The van der Waals surface area contributed by atoms with E-state index in [0.717, 1.165) is 6.42 Å². The molecule has 1 unspecified atom stereocenters. The predicted octanol–water partition coefficient (Wildman–Crippen LogP) is 5.93. The summed E-state index contributed by atoms with van der Waals surface area (Å²) >= 11 is 1.46. The second kappa shape index (κ2) is 17.9. The van der Waals surface area contributed by atoms with E-state index >= 15 is 0 Å². The average Bonchev–Trinajstić information content (AvgIpc) is 3.63. The van der Waals surface area contributed by atoms with Gasteiger partial charge in [-0.05, 0) is 6.42 Å². The van der Waals surface area contributed by atoms with Crippen LogP contribution in [-0.4, -0.2) is 3.21 Å². The zero-order valence-corrected chi connectivity index (χ0v) is 34.6. The minimum Gasteiger partial charge on any atom is -1.00 e. The summed E-state index contributed by atoms with van der Waals surface area (Å²) in [6.45, 7) is 17.8. The Kier molecular flexibility index (Phi) is 14.8. The molecule has 0 heterocycles. The van der Waals surface area contributed by atoms with Crippen LogP contribution < -0.4 is 24.8 Å². The number of fused-ring (bicyclic) bond motifs is 3. The standard InChI is InChI=1S/C21H26.C13H9.C13H13.2ClH.Zr/c1-20(2,3)18-11-7-16(8-12-18)15-17-9-13-19(14-10-17)21(4,5)6;1-3-7-12-10(5-1)9-11-6-2-4-8-13(11)12;1-10-8-11(2)13(9-10)12-6-4-3-5-7-12;;;/h7-14H,1-6H3;1-5,7-8H,9H2;3-7,9-10H,1-2H3;2*1H;/q;2*-1;;;+2/p-2. The summed E-state index contributed by atoms with van der Waals surface area (Å²) in [4.78, 5) is 0. The largest absolute Gasteiger partial charge is 1.00 e. The van der Waals surface area contributed by atoms with Gasteiger partial charge in [-0.15, -0.1) is 11.1 Å². The van der Waals surface area contributed by atoms with E-state index in [0.29, 0.717) is 5.92 Å². The van der Waals surface area contributed by atoms with Gasteiger partial charge in [0.15, 0.2) is 0 Å². The van der Waals surface area contributed by atoms with Crippen LogP contribution in [0.25, 0.3) is 16.7 Å². The van der Waals surface area contributed by atoms with Gasteiger partial charge in [0, 0.05) is 0 Å². The number of hydrogen-bond donors (Lipinski definition) is 0. The fraction of sp³-hybridized carbons (Fsp3) is 0.255. The summed E-state index contributed by atoms with van der Waals surface area (Å²) in [5, 5.41) is 0. The summed E-state index contributed by atoms with van der Waals surface area (Å²) in [6.07, 6.45) is 6.71. The van der Waals surface area contributed by atoms with Crippen molar-refractivity contribution in [1.82, 2.24) is 0 Å². The van der Waals surface area contributed by atoms with Crippen molar-refractivity contribution < 1.29 is 49.0 Å². The predicted molar refractivity (Wildman–Crippen MR) is 203 cm³/mol. The monoisotopic (exact) mass is 772 g/mol. The van der Waals surface area contributed by atoms with Crippen molar-refractivity contribution in [2.45, 2.75) is 72.6 Å². The summed E-state index contributed by atoms with van der Waals surface area (Å²) in [5.74, 6) is 0.468. The van der Waals surface area contributed by atoms with E-state index in [1.165, 1.54) is 88.7 Å². The van der Waals surface area contributed by atoms with Gasteiger partial charge in [0.05, 0.1) is 0 Å². The summed E-state index contributed by atoms with van der Waals surface area (Å²) in [5.41, 5.74) is 15.3. The maximum absolute atomic E-state index is 3.39. The number of rotatable bonds is 3. The number of hydrogen-bond acceptors (Lipinski definition) is 0. The molecule has 5 aromatic carbocycles. The molecule has 2 aliphatic carbocycles. The Morgan fingerprint density at radius 1 is 0.640 bits per heavy atom. The van der Waals surface area contributed by atoms with E-state index in [9.17, 15) is 0 Å². The molecule has 0 saturated heterocycles. The zero-order valence-electron chi connectivity index (χ0n) is 30.7. The Balaban J connectivity index is 0.000000209. The van der Waals surface area contributed by atoms with Gasteiger partial charge in [-0.1, -0.05) is 85.5 Å². The van der Waals surface area contributed by atoms with E-state index < -0.39 is 0 Å². The molecular formula is C47H48Cl2Zr-2. The first-order valence-electron chi connectivity index (χ1n) is 17.1. The van der Waals surface area contributed by atoms with Crippen LogP contribution in [0.4, 0.5) is 0 Å². The fourth-order valence-electron chi connectivity index (χ4n) is 6.20. The van der Waals surface area contributed by atoms with Gasteiger partial charge in [-0.25, -0.2) is 5.57 Å². The molecular weight excluding hydrogens is 727 g/mol. The van der Waals surface area contributed by atoms with Crippen molar-refractivity contribution in [3.05, 3.63) is 184 Å².